The Morgan fingerprint density at radius 3 is 2.43 bits per heavy atom. The number of nitrogens with one attached hydrogen (secondary N) is 1. The molecule has 1 unspecified atom stereocenters. The Kier molecular flexibility index (Phi) is 5.14. The van der Waals surface area contributed by atoms with Crippen LogP contribution >= 0.6 is 0 Å². The maximum Gasteiger partial charge on any atom is 0.251 e. The zero-order chi connectivity index (χ0) is 15.1. The number of hydrogen-bond donors (Lipinski definition) is 2. The van der Waals surface area contributed by atoms with Gasteiger partial charge in [0.05, 0.1) is 6.04 Å². The summed E-state index contributed by atoms with van der Waals surface area (Å²) >= 11 is 0. The molecule has 3 nitrogen and oxygen atoms in total. The average Bonchev–Trinajstić information content (AvgIpc) is 2.54. The van der Waals surface area contributed by atoms with Gasteiger partial charge in [-0.1, -0.05) is 42.2 Å². The van der Waals surface area contributed by atoms with Crippen LogP contribution in [0.5, 0.6) is 0 Å². The van der Waals surface area contributed by atoms with Crippen molar-refractivity contribution < 1.29 is 9.90 Å². The lowest BCUT2D eigenvalue weighted by molar-refractivity contribution is 0.0940. The summed E-state index contributed by atoms with van der Waals surface area (Å²) in [7, 11) is 0. The Balaban J connectivity index is 2.03. The first-order valence-corrected chi connectivity index (χ1v) is 6.76. The highest BCUT2D eigenvalue weighted by Gasteiger charge is 2.10. The molecule has 1 atom stereocenters. The van der Waals surface area contributed by atoms with Crippen LogP contribution in [0.1, 0.15) is 34.5 Å². The number of carbonyl (C=O) groups excluding carboxylic acids is 1. The van der Waals surface area contributed by atoms with Gasteiger partial charge in [-0.05, 0) is 36.8 Å². The van der Waals surface area contributed by atoms with Crippen molar-refractivity contribution in [2.45, 2.75) is 13.0 Å². The highest BCUT2D eigenvalue weighted by molar-refractivity contribution is 5.94. The molecule has 21 heavy (non-hydrogen) atoms. The monoisotopic (exact) mass is 279 g/mol. The fourth-order valence-corrected chi connectivity index (χ4v) is 1.95. The third kappa shape index (κ3) is 4.20. The molecule has 0 radical (unpaired) electrons. The van der Waals surface area contributed by atoms with Crippen molar-refractivity contribution in [3.63, 3.8) is 0 Å². The molecular formula is C18H17NO2. The minimum atomic E-state index is -0.170. The molecule has 0 spiro atoms. The molecule has 0 saturated heterocycles. The molecule has 0 saturated carbocycles. The number of amides is 1. The molecule has 0 aliphatic carbocycles. The van der Waals surface area contributed by atoms with E-state index in [0.29, 0.717) is 5.56 Å². The Morgan fingerprint density at radius 1 is 1.14 bits per heavy atom. The molecule has 106 valence electrons. The second-order valence-electron chi connectivity index (χ2n) is 4.64. The van der Waals surface area contributed by atoms with E-state index in [-0.39, 0.29) is 18.6 Å². The Labute approximate surface area is 124 Å². The molecular weight excluding hydrogens is 262 g/mol. The second kappa shape index (κ2) is 7.28. The van der Waals surface area contributed by atoms with Crippen LogP contribution < -0.4 is 5.32 Å². The van der Waals surface area contributed by atoms with Gasteiger partial charge in [-0.2, -0.15) is 0 Å². The lowest BCUT2D eigenvalue weighted by atomic mass is 10.1. The number of rotatable bonds is 3. The summed E-state index contributed by atoms with van der Waals surface area (Å²) < 4.78 is 0. The maximum atomic E-state index is 12.2. The fraction of sp³-hybridized carbons (Fsp3) is 0.167. The molecule has 2 rings (SSSR count). The van der Waals surface area contributed by atoms with Crippen LogP contribution in [-0.2, 0) is 0 Å². The van der Waals surface area contributed by atoms with E-state index in [1.165, 1.54) is 0 Å². The zero-order valence-electron chi connectivity index (χ0n) is 11.8. The standard InChI is InChI=1S/C18H17NO2/c1-14(16-7-3-2-4-8-16)19-18(21)17-11-9-15(10-12-17)6-5-13-20/h2-4,7-12,14,20H,13H2,1H3,(H,19,21). The molecule has 2 aromatic carbocycles. The number of aliphatic hydroxyl groups excluding tert-OH is 1. The summed E-state index contributed by atoms with van der Waals surface area (Å²) in [5.41, 5.74) is 2.43. The first kappa shape index (κ1) is 14.8. The van der Waals surface area contributed by atoms with Crippen molar-refractivity contribution in [1.29, 1.82) is 0 Å². The van der Waals surface area contributed by atoms with Gasteiger partial charge in [0.2, 0.25) is 0 Å². The minimum absolute atomic E-state index is 0.0486. The minimum Gasteiger partial charge on any atom is -0.384 e. The van der Waals surface area contributed by atoms with E-state index in [9.17, 15) is 4.79 Å². The maximum absolute atomic E-state index is 12.2. The molecule has 2 aromatic rings. The van der Waals surface area contributed by atoms with Crippen molar-refractivity contribution in [2.75, 3.05) is 6.61 Å². The average molecular weight is 279 g/mol. The molecule has 0 aliphatic rings. The predicted molar refractivity (Wildman–Crippen MR) is 82.7 cm³/mol. The Hall–Kier alpha value is -2.57. The van der Waals surface area contributed by atoms with Crippen molar-refractivity contribution in [3.8, 4) is 11.8 Å². The largest absolute Gasteiger partial charge is 0.384 e. The highest BCUT2D eigenvalue weighted by Crippen LogP contribution is 2.12. The Bertz CT molecular complexity index is 651. The van der Waals surface area contributed by atoms with Gasteiger partial charge in [0.25, 0.3) is 5.91 Å². The van der Waals surface area contributed by atoms with E-state index in [1.807, 2.05) is 37.3 Å². The van der Waals surface area contributed by atoms with E-state index in [4.69, 9.17) is 5.11 Å². The van der Waals surface area contributed by atoms with Crippen LogP contribution in [0.2, 0.25) is 0 Å². The van der Waals surface area contributed by atoms with Gasteiger partial charge in [-0.3, -0.25) is 4.79 Å². The van der Waals surface area contributed by atoms with Gasteiger partial charge >= 0.3 is 0 Å². The normalized spacial score (nSPS) is 11.1. The summed E-state index contributed by atoms with van der Waals surface area (Å²) in [5, 5.41) is 11.6. The molecule has 0 aromatic heterocycles. The molecule has 0 heterocycles. The van der Waals surface area contributed by atoms with Gasteiger partial charge in [0.15, 0.2) is 0 Å². The second-order valence-corrected chi connectivity index (χ2v) is 4.64. The van der Waals surface area contributed by atoms with E-state index in [1.54, 1.807) is 24.3 Å². The summed E-state index contributed by atoms with van der Waals surface area (Å²) in [6, 6.07) is 16.8. The van der Waals surface area contributed by atoms with E-state index >= 15 is 0 Å². The van der Waals surface area contributed by atoms with Crippen LogP contribution in [0, 0.1) is 11.8 Å². The number of aliphatic hydroxyl groups is 1. The van der Waals surface area contributed by atoms with Crippen molar-refractivity contribution >= 4 is 5.91 Å². The van der Waals surface area contributed by atoms with E-state index in [2.05, 4.69) is 17.2 Å². The molecule has 0 fully saturated rings. The summed E-state index contributed by atoms with van der Waals surface area (Å²) in [4.78, 5) is 12.2. The molecule has 2 N–H and O–H groups in total. The molecule has 0 aliphatic heterocycles. The van der Waals surface area contributed by atoms with Crippen LogP contribution in [0.4, 0.5) is 0 Å². The first-order valence-electron chi connectivity index (χ1n) is 6.76. The fourth-order valence-electron chi connectivity index (χ4n) is 1.95. The third-order valence-electron chi connectivity index (χ3n) is 3.11. The molecule has 3 heteroatoms. The van der Waals surface area contributed by atoms with Gasteiger partial charge in [-0.15, -0.1) is 0 Å². The summed E-state index contributed by atoms with van der Waals surface area (Å²) in [6.07, 6.45) is 0. The molecule has 1 amide bonds. The lowest BCUT2D eigenvalue weighted by Gasteiger charge is -2.14. The van der Waals surface area contributed by atoms with Crippen molar-refractivity contribution in [3.05, 3.63) is 71.3 Å². The third-order valence-corrected chi connectivity index (χ3v) is 3.11. The van der Waals surface area contributed by atoms with Crippen molar-refractivity contribution in [1.82, 2.24) is 5.32 Å². The van der Waals surface area contributed by atoms with Crippen LogP contribution in [-0.4, -0.2) is 17.6 Å². The first-order chi connectivity index (χ1) is 10.2. The van der Waals surface area contributed by atoms with Gasteiger partial charge in [0, 0.05) is 11.1 Å². The lowest BCUT2D eigenvalue weighted by Crippen LogP contribution is -2.26. The van der Waals surface area contributed by atoms with Gasteiger partial charge in [-0.25, -0.2) is 0 Å². The number of hydrogen-bond acceptors (Lipinski definition) is 2. The smallest absolute Gasteiger partial charge is 0.251 e. The SMILES string of the molecule is CC(NC(=O)c1ccc(C#CCO)cc1)c1ccccc1. The number of benzene rings is 2. The summed E-state index contributed by atoms with van der Waals surface area (Å²) in [6.45, 7) is 1.78. The van der Waals surface area contributed by atoms with Crippen LogP contribution in [0.25, 0.3) is 0 Å². The van der Waals surface area contributed by atoms with Gasteiger partial charge in [0.1, 0.15) is 6.61 Å². The summed E-state index contributed by atoms with van der Waals surface area (Å²) in [5.74, 6) is 5.25. The zero-order valence-corrected chi connectivity index (χ0v) is 11.8. The van der Waals surface area contributed by atoms with Gasteiger partial charge < -0.3 is 10.4 Å². The van der Waals surface area contributed by atoms with Crippen LogP contribution in [0.15, 0.2) is 54.6 Å². The number of carbonyl (C=O) groups is 1. The van der Waals surface area contributed by atoms with Crippen LogP contribution in [0.3, 0.4) is 0 Å². The van der Waals surface area contributed by atoms with Crippen molar-refractivity contribution in [2.24, 2.45) is 0 Å². The molecule has 0 bridgehead atoms. The quantitative estimate of drug-likeness (QED) is 0.848. The van der Waals surface area contributed by atoms with E-state index in [0.717, 1.165) is 11.1 Å². The van der Waals surface area contributed by atoms with E-state index < -0.39 is 0 Å². The topological polar surface area (TPSA) is 49.3 Å². The predicted octanol–water partition coefficient (Wildman–Crippen LogP) is 2.52. The Morgan fingerprint density at radius 2 is 1.81 bits per heavy atom. The highest BCUT2D eigenvalue weighted by atomic mass is 16.2.